The van der Waals surface area contributed by atoms with Gasteiger partial charge >= 0.3 is 0 Å². The minimum atomic E-state index is -0.203. The van der Waals surface area contributed by atoms with Crippen molar-refractivity contribution >= 4 is 15.9 Å². The molecule has 16 heavy (non-hydrogen) atoms. The highest BCUT2D eigenvalue weighted by atomic mass is 79.9. The third-order valence-corrected chi connectivity index (χ3v) is 3.41. The summed E-state index contributed by atoms with van der Waals surface area (Å²) in [7, 11) is 0. The van der Waals surface area contributed by atoms with Gasteiger partial charge in [-0.05, 0) is 41.5 Å². The third-order valence-electron chi connectivity index (χ3n) is 2.92. The van der Waals surface area contributed by atoms with E-state index in [-0.39, 0.29) is 23.8 Å². The second-order valence-electron chi connectivity index (χ2n) is 5.19. The van der Waals surface area contributed by atoms with E-state index in [4.69, 9.17) is 0 Å². The molecule has 0 saturated carbocycles. The predicted molar refractivity (Wildman–Crippen MR) is 67.8 cm³/mol. The predicted octanol–water partition coefficient (Wildman–Crippen LogP) is 3.79. The summed E-state index contributed by atoms with van der Waals surface area (Å²) in [6.45, 7) is 6.26. The Morgan fingerprint density at radius 1 is 1.38 bits per heavy atom. The van der Waals surface area contributed by atoms with Crippen LogP contribution in [-0.4, -0.2) is 11.7 Å². The van der Waals surface area contributed by atoms with Crippen molar-refractivity contribution in [1.82, 2.24) is 0 Å². The van der Waals surface area contributed by atoms with E-state index >= 15 is 0 Å². The SMILES string of the molecule is CC(C)(C)C(CO)Cc1cc(Br)ccc1F. The van der Waals surface area contributed by atoms with Crippen LogP contribution in [0.1, 0.15) is 26.3 Å². The molecule has 0 aliphatic rings. The molecular weight excluding hydrogens is 271 g/mol. The largest absolute Gasteiger partial charge is 0.396 e. The zero-order chi connectivity index (χ0) is 12.3. The molecule has 1 nitrogen and oxygen atoms in total. The third kappa shape index (κ3) is 3.56. The minimum Gasteiger partial charge on any atom is -0.396 e. The molecule has 0 aliphatic carbocycles. The number of hydrogen-bond acceptors (Lipinski definition) is 1. The molecule has 0 aromatic heterocycles. The fourth-order valence-electron chi connectivity index (χ4n) is 1.61. The van der Waals surface area contributed by atoms with Crippen molar-refractivity contribution in [2.75, 3.05) is 6.61 Å². The molecule has 0 bridgehead atoms. The van der Waals surface area contributed by atoms with E-state index in [1.807, 2.05) is 0 Å². The molecule has 1 unspecified atom stereocenters. The Bertz CT molecular complexity index is 357. The van der Waals surface area contributed by atoms with Crippen LogP contribution in [-0.2, 0) is 6.42 Å². The fraction of sp³-hybridized carbons (Fsp3) is 0.538. The first kappa shape index (κ1) is 13.7. The maximum atomic E-state index is 13.6. The van der Waals surface area contributed by atoms with Crippen LogP contribution >= 0.6 is 15.9 Å². The van der Waals surface area contributed by atoms with Gasteiger partial charge < -0.3 is 5.11 Å². The van der Waals surface area contributed by atoms with Crippen LogP contribution in [0.2, 0.25) is 0 Å². The zero-order valence-corrected chi connectivity index (χ0v) is 11.5. The van der Waals surface area contributed by atoms with Crippen molar-refractivity contribution in [3.8, 4) is 0 Å². The smallest absolute Gasteiger partial charge is 0.126 e. The lowest BCUT2D eigenvalue weighted by molar-refractivity contribution is 0.130. The van der Waals surface area contributed by atoms with Gasteiger partial charge in [-0.3, -0.25) is 0 Å². The van der Waals surface area contributed by atoms with E-state index in [0.717, 1.165) is 4.47 Å². The van der Waals surface area contributed by atoms with Crippen molar-refractivity contribution in [2.45, 2.75) is 27.2 Å². The van der Waals surface area contributed by atoms with Crippen LogP contribution in [0.25, 0.3) is 0 Å². The lowest BCUT2D eigenvalue weighted by Gasteiger charge is -2.29. The fourth-order valence-corrected chi connectivity index (χ4v) is 2.02. The molecule has 0 heterocycles. The number of benzene rings is 1. The summed E-state index contributed by atoms with van der Waals surface area (Å²) in [4.78, 5) is 0. The average Bonchev–Trinajstić information content (AvgIpc) is 2.17. The molecule has 1 aromatic rings. The van der Waals surface area contributed by atoms with Gasteiger partial charge in [-0.15, -0.1) is 0 Å². The highest BCUT2D eigenvalue weighted by Gasteiger charge is 2.25. The second kappa shape index (κ2) is 5.28. The molecule has 0 fully saturated rings. The standard InChI is InChI=1S/C13H18BrFO/c1-13(2,3)10(8-16)6-9-7-11(14)4-5-12(9)15/h4-5,7,10,16H,6,8H2,1-3H3. The minimum absolute atomic E-state index is 0.0243. The van der Waals surface area contributed by atoms with E-state index in [1.54, 1.807) is 12.1 Å². The number of hydrogen-bond donors (Lipinski definition) is 1. The molecule has 1 atom stereocenters. The number of halogens is 2. The zero-order valence-electron chi connectivity index (χ0n) is 9.93. The number of aliphatic hydroxyl groups excluding tert-OH is 1. The maximum absolute atomic E-state index is 13.6. The monoisotopic (exact) mass is 288 g/mol. The average molecular weight is 289 g/mol. The maximum Gasteiger partial charge on any atom is 0.126 e. The number of rotatable bonds is 3. The summed E-state index contributed by atoms with van der Waals surface area (Å²) in [5, 5.41) is 9.35. The van der Waals surface area contributed by atoms with Gasteiger partial charge in [0.1, 0.15) is 5.82 Å². The lowest BCUT2D eigenvalue weighted by atomic mass is 9.78. The van der Waals surface area contributed by atoms with Gasteiger partial charge in [0.05, 0.1) is 0 Å². The quantitative estimate of drug-likeness (QED) is 0.897. The Morgan fingerprint density at radius 2 is 2.00 bits per heavy atom. The molecule has 0 amide bonds. The molecule has 3 heteroatoms. The Labute approximate surface area is 105 Å². The lowest BCUT2D eigenvalue weighted by Crippen LogP contribution is -2.26. The Kier molecular flexibility index (Phi) is 4.51. The molecular formula is C13H18BrFO. The number of aliphatic hydroxyl groups is 1. The van der Waals surface area contributed by atoms with E-state index in [9.17, 15) is 9.50 Å². The normalized spacial score (nSPS) is 13.9. The van der Waals surface area contributed by atoms with Gasteiger partial charge in [0.15, 0.2) is 0 Å². The van der Waals surface area contributed by atoms with Crippen molar-refractivity contribution in [3.63, 3.8) is 0 Å². The van der Waals surface area contributed by atoms with Crippen LogP contribution in [0.4, 0.5) is 4.39 Å². The van der Waals surface area contributed by atoms with Crippen LogP contribution in [0.5, 0.6) is 0 Å². The van der Waals surface area contributed by atoms with E-state index < -0.39 is 0 Å². The molecule has 1 N–H and O–H groups in total. The van der Waals surface area contributed by atoms with Crippen molar-refractivity contribution in [3.05, 3.63) is 34.1 Å². The van der Waals surface area contributed by atoms with Gasteiger partial charge in [0.2, 0.25) is 0 Å². The molecule has 0 radical (unpaired) electrons. The first-order valence-corrected chi connectivity index (χ1v) is 6.18. The first-order valence-electron chi connectivity index (χ1n) is 5.39. The second-order valence-corrected chi connectivity index (χ2v) is 6.10. The highest BCUT2D eigenvalue weighted by molar-refractivity contribution is 9.10. The van der Waals surface area contributed by atoms with Gasteiger partial charge in [-0.25, -0.2) is 4.39 Å². The molecule has 1 aromatic carbocycles. The van der Waals surface area contributed by atoms with Crippen molar-refractivity contribution in [2.24, 2.45) is 11.3 Å². The van der Waals surface area contributed by atoms with E-state index in [0.29, 0.717) is 12.0 Å². The summed E-state index contributed by atoms with van der Waals surface area (Å²) >= 11 is 3.33. The van der Waals surface area contributed by atoms with E-state index in [2.05, 4.69) is 36.7 Å². The summed E-state index contributed by atoms with van der Waals surface area (Å²) in [6, 6.07) is 4.92. The summed E-state index contributed by atoms with van der Waals surface area (Å²) in [6.07, 6.45) is 0.561. The van der Waals surface area contributed by atoms with Gasteiger partial charge in [-0.2, -0.15) is 0 Å². The van der Waals surface area contributed by atoms with Gasteiger partial charge in [-0.1, -0.05) is 36.7 Å². The molecule has 1 rings (SSSR count). The van der Waals surface area contributed by atoms with Crippen LogP contribution in [0, 0.1) is 17.2 Å². The Balaban J connectivity index is 2.90. The Hall–Kier alpha value is -0.410. The highest BCUT2D eigenvalue weighted by Crippen LogP contribution is 2.30. The van der Waals surface area contributed by atoms with Crippen molar-refractivity contribution < 1.29 is 9.50 Å². The van der Waals surface area contributed by atoms with Crippen LogP contribution < -0.4 is 0 Å². The molecule has 0 saturated heterocycles. The topological polar surface area (TPSA) is 20.2 Å². The van der Waals surface area contributed by atoms with Crippen LogP contribution in [0.15, 0.2) is 22.7 Å². The van der Waals surface area contributed by atoms with Crippen molar-refractivity contribution in [1.29, 1.82) is 0 Å². The molecule has 90 valence electrons. The van der Waals surface area contributed by atoms with Gasteiger partial charge in [0.25, 0.3) is 0 Å². The summed E-state index contributed by atoms with van der Waals surface area (Å²) in [5.41, 5.74) is 0.632. The summed E-state index contributed by atoms with van der Waals surface area (Å²) < 4.78 is 14.4. The van der Waals surface area contributed by atoms with E-state index in [1.165, 1.54) is 6.07 Å². The first-order chi connectivity index (χ1) is 7.34. The summed E-state index contributed by atoms with van der Waals surface area (Å²) in [5.74, 6) is -0.137. The van der Waals surface area contributed by atoms with Crippen LogP contribution in [0.3, 0.4) is 0 Å². The Morgan fingerprint density at radius 3 is 2.50 bits per heavy atom. The molecule has 0 aliphatic heterocycles. The van der Waals surface area contributed by atoms with Gasteiger partial charge in [0, 0.05) is 11.1 Å². The molecule has 0 spiro atoms.